The summed E-state index contributed by atoms with van der Waals surface area (Å²) in [5, 5.41) is 0. The highest BCUT2D eigenvalue weighted by molar-refractivity contribution is 5.67. The Hall–Kier alpha value is -0.730. The summed E-state index contributed by atoms with van der Waals surface area (Å²) in [6.45, 7) is 19.1. The zero-order chi connectivity index (χ0) is 14.5. The van der Waals surface area contributed by atoms with Gasteiger partial charge in [-0.05, 0) is 34.1 Å². The second kappa shape index (κ2) is 13.3. The molecule has 0 saturated carbocycles. The Labute approximate surface area is 109 Å². The quantitative estimate of drug-likeness (QED) is 0.723. The molecular formula is C14H33NO2. The maximum Gasteiger partial charge on any atom is 0.410 e. The average Bonchev–Trinajstić information content (AvgIpc) is 2.29. The van der Waals surface area contributed by atoms with Gasteiger partial charge in [-0.3, -0.25) is 0 Å². The summed E-state index contributed by atoms with van der Waals surface area (Å²) in [5.74, 6) is 0. The van der Waals surface area contributed by atoms with Gasteiger partial charge in [-0.2, -0.15) is 0 Å². The van der Waals surface area contributed by atoms with Crippen LogP contribution in [-0.2, 0) is 4.74 Å². The molecule has 0 aliphatic carbocycles. The highest BCUT2D eigenvalue weighted by Crippen LogP contribution is 2.09. The summed E-state index contributed by atoms with van der Waals surface area (Å²) < 4.78 is 5.23. The standard InChI is InChI=1S/C10H21NO2.2C2H6/c1-6-8-11(7-2)9(12)13-10(3,4)5;2*1-2/h6-8H2,1-5H3;2*1-2H3. The highest BCUT2D eigenvalue weighted by Gasteiger charge is 2.19. The molecule has 106 valence electrons. The van der Waals surface area contributed by atoms with Crippen LogP contribution >= 0.6 is 0 Å². The lowest BCUT2D eigenvalue weighted by Gasteiger charge is -2.26. The van der Waals surface area contributed by atoms with Gasteiger partial charge < -0.3 is 9.64 Å². The third-order valence-electron chi connectivity index (χ3n) is 1.53. The first-order valence-corrected chi connectivity index (χ1v) is 6.88. The van der Waals surface area contributed by atoms with E-state index in [0.717, 1.165) is 13.0 Å². The van der Waals surface area contributed by atoms with Crippen LogP contribution in [0, 0.1) is 0 Å². The van der Waals surface area contributed by atoms with Crippen molar-refractivity contribution in [2.24, 2.45) is 0 Å². The van der Waals surface area contributed by atoms with E-state index < -0.39 is 5.60 Å². The van der Waals surface area contributed by atoms with Crippen molar-refractivity contribution in [3.8, 4) is 0 Å². The van der Waals surface area contributed by atoms with Gasteiger partial charge in [0.1, 0.15) is 5.60 Å². The summed E-state index contributed by atoms with van der Waals surface area (Å²) in [7, 11) is 0. The number of amides is 1. The maximum absolute atomic E-state index is 11.5. The van der Waals surface area contributed by atoms with E-state index >= 15 is 0 Å². The number of hydrogen-bond donors (Lipinski definition) is 0. The number of ether oxygens (including phenoxy) is 1. The predicted molar refractivity (Wildman–Crippen MR) is 76.5 cm³/mol. The fourth-order valence-corrected chi connectivity index (χ4v) is 0.975. The maximum atomic E-state index is 11.5. The Morgan fingerprint density at radius 3 is 1.71 bits per heavy atom. The van der Waals surface area contributed by atoms with Crippen molar-refractivity contribution >= 4 is 6.09 Å². The predicted octanol–water partition coefficient (Wildman–Crippen LogP) is 4.71. The fraction of sp³-hybridized carbons (Fsp3) is 0.929. The van der Waals surface area contributed by atoms with E-state index in [2.05, 4.69) is 0 Å². The van der Waals surface area contributed by atoms with Gasteiger partial charge in [0.2, 0.25) is 0 Å². The molecule has 3 heteroatoms. The van der Waals surface area contributed by atoms with Crippen LogP contribution in [-0.4, -0.2) is 29.7 Å². The van der Waals surface area contributed by atoms with Crippen LogP contribution < -0.4 is 0 Å². The molecular weight excluding hydrogens is 214 g/mol. The van der Waals surface area contributed by atoms with Crippen LogP contribution in [0.25, 0.3) is 0 Å². The lowest BCUT2D eigenvalue weighted by atomic mass is 10.2. The lowest BCUT2D eigenvalue weighted by Crippen LogP contribution is -2.37. The highest BCUT2D eigenvalue weighted by atomic mass is 16.6. The third kappa shape index (κ3) is 15.3. The van der Waals surface area contributed by atoms with Crippen molar-refractivity contribution in [3.63, 3.8) is 0 Å². The Balaban J connectivity index is -0.000000439. The Morgan fingerprint density at radius 2 is 1.47 bits per heavy atom. The van der Waals surface area contributed by atoms with E-state index in [-0.39, 0.29) is 6.09 Å². The van der Waals surface area contributed by atoms with Gasteiger partial charge in [0.25, 0.3) is 0 Å². The summed E-state index contributed by atoms with van der Waals surface area (Å²) in [6.07, 6.45) is 0.754. The minimum absolute atomic E-state index is 0.211. The van der Waals surface area contributed by atoms with Crippen molar-refractivity contribution in [2.75, 3.05) is 13.1 Å². The summed E-state index contributed by atoms with van der Waals surface area (Å²) >= 11 is 0. The molecule has 17 heavy (non-hydrogen) atoms. The number of carbonyl (C=O) groups excluding carboxylic acids is 1. The van der Waals surface area contributed by atoms with E-state index in [4.69, 9.17) is 4.74 Å². The van der Waals surface area contributed by atoms with Gasteiger partial charge in [0.15, 0.2) is 0 Å². The van der Waals surface area contributed by atoms with Gasteiger partial charge >= 0.3 is 6.09 Å². The van der Waals surface area contributed by atoms with Gasteiger partial charge in [0, 0.05) is 13.1 Å². The van der Waals surface area contributed by atoms with Crippen molar-refractivity contribution in [3.05, 3.63) is 0 Å². The van der Waals surface area contributed by atoms with Gasteiger partial charge in [-0.25, -0.2) is 4.79 Å². The molecule has 0 bridgehead atoms. The normalized spacial score (nSPS) is 9.24. The van der Waals surface area contributed by atoms with Crippen molar-refractivity contribution in [1.29, 1.82) is 0 Å². The molecule has 0 unspecified atom stereocenters. The monoisotopic (exact) mass is 247 g/mol. The fourth-order valence-electron chi connectivity index (χ4n) is 0.975. The van der Waals surface area contributed by atoms with Gasteiger partial charge in [-0.15, -0.1) is 0 Å². The van der Waals surface area contributed by atoms with Crippen LogP contribution in [0.15, 0.2) is 0 Å². The first-order chi connectivity index (χ1) is 7.90. The topological polar surface area (TPSA) is 29.5 Å². The summed E-state index contributed by atoms with van der Waals surface area (Å²) in [4.78, 5) is 13.2. The number of hydrogen-bond acceptors (Lipinski definition) is 2. The van der Waals surface area contributed by atoms with Crippen LogP contribution in [0.5, 0.6) is 0 Å². The Kier molecular flexibility index (Phi) is 16.9. The molecule has 1 amide bonds. The summed E-state index contributed by atoms with van der Waals surface area (Å²) in [5.41, 5.74) is -0.391. The first kappa shape index (κ1) is 21.5. The zero-order valence-electron chi connectivity index (χ0n) is 13.4. The lowest BCUT2D eigenvalue weighted by molar-refractivity contribution is 0.0260. The molecule has 0 spiro atoms. The van der Waals surface area contributed by atoms with Crippen LogP contribution in [0.4, 0.5) is 4.79 Å². The van der Waals surface area contributed by atoms with Crippen LogP contribution in [0.3, 0.4) is 0 Å². The summed E-state index contributed by atoms with van der Waals surface area (Å²) in [6, 6.07) is 0. The molecule has 0 radical (unpaired) electrons. The molecule has 0 saturated heterocycles. The number of rotatable bonds is 3. The molecule has 0 aromatic carbocycles. The van der Waals surface area contributed by atoms with E-state index in [0.29, 0.717) is 6.54 Å². The minimum Gasteiger partial charge on any atom is -0.444 e. The number of nitrogens with zero attached hydrogens (tertiary/aromatic N) is 1. The Morgan fingerprint density at radius 1 is 1.06 bits per heavy atom. The smallest absolute Gasteiger partial charge is 0.410 e. The largest absolute Gasteiger partial charge is 0.444 e. The zero-order valence-corrected chi connectivity index (χ0v) is 13.4. The third-order valence-corrected chi connectivity index (χ3v) is 1.53. The molecule has 0 atom stereocenters. The van der Waals surface area contributed by atoms with Crippen LogP contribution in [0.2, 0.25) is 0 Å². The molecule has 0 aliphatic heterocycles. The van der Waals surface area contributed by atoms with E-state index in [1.165, 1.54) is 0 Å². The molecule has 0 aliphatic rings. The molecule has 0 heterocycles. The first-order valence-electron chi connectivity index (χ1n) is 6.88. The minimum atomic E-state index is -0.391. The van der Waals surface area contributed by atoms with Crippen LogP contribution in [0.1, 0.15) is 68.7 Å². The van der Waals surface area contributed by atoms with Gasteiger partial charge in [-0.1, -0.05) is 34.6 Å². The molecule has 0 rings (SSSR count). The van der Waals surface area contributed by atoms with Crippen molar-refractivity contribution in [2.45, 2.75) is 74.3 Å². The van der Waals surface area contributed by atoms with Crippen molar-refractivity contribution in [1.82, 2.24) is 4.90 Å². The Bertz CT molecular complexity index is 162. The van der Waals surface area contributed by atoms with Crippen molar-refractivity contribution < 1.29 is 9.53 Å². The molecule has 0 fully saturated rings. The SMILES string of the molecule is CC.CC.CCCN(CC)C(=O)OC(C)(C)C. The molecule has 3 nitrogen and oxygen atoms in total. The van der Waals surface area contributed by atoms with Gasteiger partial charge in [0.05, 0.1) is 0 Å². The van der Waals surface area contributed by atoms with E-state index in [9.17, 15) is 4.79 Å². The molecule has 0 aromatic heterocycles. The van der Waals surface area contributed by atoms with E-state index in [1.54, 1.807) is 4.90 Å². The molecule has 0 aromatic rings. The average molecular weight is 247 g/mol. The molecule has 0 N–H and O–H groups in total. The second-order valence-electron chi connectivity index (χ2n) is 4.06. The second-order valence-corrected chi connectivity index (χ2v) is 4.06. The number of carbonyl (C=O) groups is 1. The van der Waals surface area contributed by atoms with E-state index in [1.807, 2.05) is 62.3 Å².